The highest BCUT2D eigenvalue weighted by molar-refractivity contribution is 5.10. The van der Waals surface area contributed by atoms with Gasteiger partial charge in [-0.25, -0.2) is 0 Å². The summed E-state index contributed by atoms with van der Waals surface area (Å²) in [5.74, 6) is 1.42. The third-order valence-corrected chi connectivity index (χ3v) is 3.58. The van der Waals surface area contributed by atoms with E-state index in [-0.39, 0.29) is 0 Å². The van der Waals surface area contributed by atoms with Crippen molar-refractivity contribution >= 4 is 0 Å². The van der Waals surface area contributed by atoms with Gasteiger partial charge in [-0.1, -0.05) is 5.21 Å². The zero-order valence-corrected chi connectivity index (χ0v) is 7.64. The second kappa shape index (κ2) is 2.51. The van der Waals surface area contributed by atoms with Crippen LogP contribution in [-0.2, 0) is 0 Å². The van der Waals surface area contributed by atoms with Gasteiger partial charge in [-0.3, -0.25) is 4.90 Å². The lowest BCUT2D eigenvalue weighted by Crippen LogP contribution is -2.25. The Morgan fingerprint density at radius 2 is 2.38 bits per heavy atom. The van der Waals surface area contributed by atoms with E-state index in [1.165, 1.54) is 19.3 Å². The number of rotatable bonds is 1. The summed E-state index contributed by atoms with van der Waals surface area (Å²) in [7, 11) is 2.21. The molecule has 3 atom stereocenters. The molecule has 3 heterocycles. The number of likely N-dealkylation sites (N-methyl/N-ethyl adjacent to an activating group) is 1. The van der Waals surface area contributed by atoms with Crippen molar-refractivity contribution in [1.29, 1.82) is 0 Å². The van der Waals surface area contributed by atoms with Gasteiger partial charge in [0.25, 0.3) is 0 Å². The van der Waals surface area contributed by atoms with Crippen molar-refractivity contribution in [2.24, 2.45) is 0 Å². The van der Waals surface area contributed by atoms with E-state index >= 15 is 0 Å². The summed E-state index contributed by atoms with van der Waals surface area (Å²) >= 11 is 0. The van der Waals surface area contributed by atoms with Gasteiger partial charge >= 0.3 is 0 Å². The Balaban J connectivity index is 1.89. The monoisotopic (exact) mass is 179 g/mol. The number of nitrogens with zero attached hydrogens (tertiary/aromatic N) is 4. The van der Waals surface area contributed by atoms with Crippen molar-refractivity contribution in [2.75, 3.05) is 7.05 Å². The molecule has 0 aliphatic carbocycles. The topological polar surface area (TPSA) is 57.7 Å². The molecule has 2 bridgehead atoms. The number of nitrogens with one attached hydrogen (secondary N) is 1. The molecule has 2 aliphatic heterocycles. The van der Waals surface area contributed by atoms with E-state index in [1.54, 1.807) is 0 Å². The van der Waals surface area contributed by atoms with Crippen molar-refractivity contribution in [1.82, 2.24) is 25.5 Å². The van der Waals surface area contributed by atoms with Crippen LogP contribution in [0.5, 0.6) is 0 Å². The molecule has 3 unspecified atom stereocenters. The number of H-pyrrole nitrogens is 1. The molecule has 2 saturated heterocycles. The summed E-state index contributed by atoms with van der Waals surface area (Å²) in [6.45, 7) is 0. The predicted octanol–water partition coefficient (Wildman–Crippen LogP) is 0.150. The van der Waals surface area contributed by atoms with Crippen molar-refractivity contribution in [2.45, 2.75) is 37.3 Å². The third kappa shape index (κ3) is 0.934. The lowest BCUT2D eigenvalue weighted by Gasteiger charge is -2.17. The van der Waals surface area contributed by atoms with Gasteiger partial charge in [0.15, 0.2) is 5.82 Å². The number of tetrazole rings is 1. The molecule has 3 rings (SSSR count). The van der Waals surface area contributed by atoms with E-state index in [0.717, 1.165) is 11.9 Å². The van der Waals surface area contributed by atoms with E-state index < -0.39 is 0 Å². The molecule has 1 aromatic rings. The van der Waals surface area contributed by atoms with Crippen LogP contribution in [0.2, 0.25) is 0 Å². The Labute approximate surface area is 76.5 Å². The van der Waals surface area contributed by atoms with Crippen LogP contribution in [0.4, 0.5) is 0 Å². The van der Waals surface area contributed by atoms with Crippen molar-refractivity contribution < 1.29 is 0 Å². The van der Waals surface area contributed by atoms with Crippen LogP contribution in [0.1, 0.15) is 31.0 Å². The molecule has 70 valence electrons. The van der Waals surface area contributed by atoms with Crippen LogP contribution >= 0.6 is 0 Å². The van der Waals surface area contributed by atoms with Crippen LogP contribution < -0.4 is 0 Å². The molecule has 0 radical (unpaired) electrons. The first-order valence-electron chi connectivity index (χ1n) is 4.81. The minimum absolute atomic E-state index is 0.516. The van der Waals surface area contributed by atoms with Gasteiger partial charge in [-0.2, -0.15) is 5.21 Å². The average molecular weight is 179 g/mol. The van der Waals surface area contributed by atoms with Crippen molar-refractivity contribution in [3.63, 3.8) is 0 Å². The molecule has 2 fully saturated rings. The Hall–Kier alpha value is -0.970. The molecule has 0 aromatic carbocycles. The zero-order valence-electron chi connectivity index (χ0n) is 7.64. The molecule has 2 aliphatic rings. The summed E-state index contributed by atoms with van der Waals surface area (Å²) < 4.78 is 0. The number of hydrogen-bond donors (Lipinski definition) is 1. The average Bonchev–Trinajstić information content (AvgIpc) is 2.82. The van der Waals surface area contributed by atoms with Gasteiger partial charge in [-0.05, 0) is 26.3 Å². The Morgan fingerprint density at radius 3 is 2.92 bits per heavy atom. The summed E-state index contributed by atoms with van der Waals surface area (Å²) in [5.41, 5.74) is 0. The van der Waals surface area contributed by atoms with Crippen molar-refractivity contribution in [3.8, 4) is 0 Å². The first-order chi connectivity index (χ1) is 6.36. The van der Waals surface area contributed by atoms with Gasteiger partial charge in [-0.15, -0.1) is 10.2 Å². The first-order valence-corrected chi connectivity index (χ1v) is 4.81. The first kappa shape index (κ1) is 7.44. The van der Waals surface area contributed by atoms with Crippen molar-refractivity contribution in [3.05, 3.63) is 5.82 Å². The van der Waals surface area contributed by atoms with E-state index in [9.17, 15) is 0 Å². The van der Waals surface area contributed by atoms with E-state index in [2.05, 4.69) is 32.6 Å². The Bertz CT molecular complexity index is 295. The molecular formula is C8H13N5. The van der Waals surface area contributed by atoms with Crippen LogP contribution in [0.3, 0.4) is 0 Å². The van der Waals surface area contributed by atoms with Gasteiger partial charge in [0.2, 0.25) is 0 Å². The molecule has 5 nitrogen and oxygen atoms in total. The Kier molecular flexibility index (Phi) is 1.44. The minimum atomic E-state index is 0.516. The lowest BCUT2D eigenvalue weighted by atomic mass is 9.89. The molecule has 0 spiro atoms. The highest BCUT2D eigenvalue weighted by Crippen LogP contribution is 2.44. The van der Waals surface area contributed by atoms with Gasteiger partial charge in [0.05, 0.1) is 0 Å². The predicted molar refractivity (Wildman–Crippen MR) is 46.1 cm³/mol. The maximum atomic E-state index is 4.08. The van der Waals surface area contributed by atoms with Crippen LogP contribution in [0, 0.1) is 0 Å². The zero-order chi connectivity index (χ0) is 8.84. The quantitative estimate of drug-likeness (QED) is 0.666. The van der Waals surface area contributed by atoms with Crippen LogP contribution in [0.15, 0.2) is 0 Å². The summed E-state index contributed by atoms with van der Waals surface area (Å²) in [6.07, 6.45) is 3.84. The highest BCUT2D eigenvalue weighted by Gasteiger charge is 2.46. The summed E-state index contributed by atoms with van der Waals surface area (Å²) in [5, 5.41) is 14.3. The smallest absolute Gasteiger partial charge is 0.179 e. The van der Waals surface area contributed by atoms with Gasteiger partial charge in [0.1, 0.15) is 0 Å². The number of hydrogen-bond acceptors (Lipinski definition) is 4. The van der Waals surface area contributed by atoms with Gasteiger partial charge in [0, 0.05) is 18.0 Å². The largest absolute Gasteiger partial charge is 0.300 e. The standard InChI is InChI=1S/C8H13N5/c1-13-5-2-3-7(13)6(4-5)8-9-11-12-10-8/h5-7H,2-4H2,1H3,(H,9,10,11,12). The summed E-state index contributed by atoms with van der Waals surface area (Å²) in [4.78, 5) is 2.47. The molecule has 0 amide bonds. The fourth-order valence-corrected chi connectivity index (χ4v) is 2.86. The second-order valence-corrected chi connectivity index (χ2v) is 4.08. The highest BCUT2D eigenvalue weighted by atomic mass is 15.5. The van der Waals surface area contributed by atoms with Crippen LogP contribution in [-0.4, -0.2) is 44.7 Å². The molecule has 13 heavy (non-hydrogen) atoms. The van der Waals surface area contributed by atoms with E-state index in [4.69, 9.17) is 0 Å². The molecule has 0 saturated carbocycles. The third-order valence-electron chi connectivity index (χ3n) is 3.58. The molecule has 1 N–H and O–H groups in total. The number of aromatic nitrogens is 4. The summed E-state index contributed by atoms with van der Waals surface area (Å²) in [6, 6.07) is 1.41. The molecule has 1 aromatic heterocycles. The van der Waals surface area contributed by atoms with Crippen LogP contribution in [0.25, 0.3) is 0 Å². The van der Waals surface area contributed by atoms with E-state index in [0.29, 0.717) is 12.0 Å². The fraction of sp³-hybridized carbons (Fsp3) is 0.875. The Morgan fingerprint density at radius 1 is 1.46 bits per heavy atom. The molecular weight excluding hydrogens is 166 g/mol. The second-order valence-electron chi connectivity index (χ2n) is 4.08. The lowest BCUT2D eigenvalue weighted by molar-refractivity contribution is 0.305. The fourth-order valence-electron chi connectivity index (χ4n) is 2.86. The molecule has 5 heteroatoms. The maximum absolute atomic E-state index is 4.08. The van der Waals surface area contributed by atoms with Gasteiger partial charge < -0.3 is 0 Å². The number of aromatic amines is 1. The number of fused-ring (bicyclic) bond motifs is 2. The van der Waals surface area contributed by atoms with E-state index in [1.807, 2.05) is 0 Å². The normalized spacial score (nSPS) is 38.7. The maximum Gasteiger partial charge on any atom is 0.179 e. The minimum Gasteiger partial charge on any atom is -0.300 e. The SMILES string of the molecule is CN1C2CCC1C(c1nn[nH]n1)C2.